The number of amides is 1. The number of carbonyl (C=O) groups excluding carboxylic acids is 1. The van der Waals surface area contributed by atoms with Crippen LogP contribution in [-0.2, 0) is 4.74 Å². The lowest BCUT2D eigenvalue weighted by Gasteiger charge is -2.15. The molecule has 4 N–H and O–H groups in total. The summed E-state index contributed by atoms with van der Waals surface area (Å²) in [4.78, 5) is 15.2. The average molecular weight is 261 g/mol. The highest BCUT2D eigenvalue weighted by atomic mass is 16.5. The normalized spacial score (nSPS) is 12.5. The molecule has 0 aliphatic carbocycles. The molecule has 5 nitrogen and oxygen atoms in total. The summed E-state index contributed by atoms with van der Waals surface area (Å²) in [5.74, 6) is -0.139. The number of H-pyrrole nitrogens is 1. The number of carbonyl (C=O) groups is 1. The molecular formula is C14H19N3O2. The van der Waals surface area contributed by atoms with Crippen LogP contribution in [0.4, 0.5) is 5.69 Å². The molecule has 0 saturated heterocycles. The van der Waals surface area contributed by atoms with Crippen LogP contribution in [0, 0.1) is 0 Å². The maximum absolute atomic E-state index is 12.1. The van der Waals surface area contributed by atoms with Crippen LogP contribution in [-0.4, -0.2) is 30.6 Å². The van der Waals surface area contributed by atoms with Crippen molar-refractivity contribution in [3.8, 4) is 0 Å². The molecule has 5 heteroatoms. The minimum absolute atomic E-state index is 0.0151. The summed E-state index contributed by atoms with van der Waals surface area (Å²) in [6.45, 7) is 2.51. The second-order valence-electron chi connectivity index (χ2n) is 4.53. The van der Waals surface area contributed by atoms with Crippen molar-refractivity contribution in [2.45, 2.75) is 19.4 Å². The molecule has 2 aromatic rings. The van der Waals surface area contributed by atoms with E-state index in [1.807, 2.05) is 19.1 Å². The Morgan fingerprint density at radius 3 is 2.95 bits per heavy atom. The Hall–Kier alpha value is -2.01. The molecule has 1 aromatic carbocycles. The standard InChI is InChI=1S/C14H19N3O2/c1-3-10(8-19-2)16-14(18)12-7-9-5-4-6-11(15)13(9)17-12/h4-7,10,17H,3,8,15H2,1-2H3,(H,16,18). The fourth-order valence-corrected chi connectivity index (χ4v) is 2.03. The van der Waals surface area contributed by atoms with Crippen molar-refractivity contribution >= 4 is 22.5 Å². The molecule has 1 atom stereocenters. The number of methoxy groups -OCH3 is 1. The van der Waals surface area contributed by atoms with Gasteiger partial charge in [0.1, 0.15) is 5.69 Å². The Balaban J connectivity index is 2.19. The zero-order chi connectivity index (χ0) is 13.8. The highest BCUT2D eigenvalue weighted by molar-refractivity contribution is 6.00. The molecule has 0 fully saturated rings. The van der Waals surface area contributed by atoms with E-state index < -0.39 is 0 Å². The van der Waals surface area contributed by atoms with E-state index in [0.29, 0.717) is 18.0 Å². The van der Waals surface area contributed by atoms with E-state index in [-0.39, 0.29) is 11.9 Å². The van der Waals surface area contributed by atoms with Crippen molar-refractivity contribution < 1.29 is 9.53 Å². The smallest absolute Gasteiger partial charge is 0.268 e. The van der Waals surface area contributed by atoms with Crippen LogP contribution in [0.15, 0.2) is 24.3 Å². The Morgan fingerprint density at radius 1 is 1.53 bits per heavy atom. The average Bonchev–Trinajstić information content (AvgIpc) is 2.83. The van der Waals surface area contributed by atoms with Crippen LogP contribution >= 0.6 is 0 Å². The van der Waals surface area contributed by atoms with Crippen molar-refractivity contribution in [2.75, 3.05) is 19.5 Å². The number of hydrogen-bond acceptors (Lipinski definition) is 3. The van der Waals surface area contributed by atoms with Crippen LogP contribution in [0.3, 0.4) is 0 Å². The third kappa shape index (κ3) is 2.88. The van der Waals surface area contributed by atoms with E-state index in [0.717, 1.165) is 17.3 Å². The zero-order valence-electron chi connectivity index (χ0n) is 11.2. The first kappa shape index (κ1) is 13.4. The van der Waals surface area contributed by atoms with Gasteiger partial charge in [-0.25, -0.2) is 0 Å². The summed E-state index contributed by atoms with van der Waals surface area (Å²) < 4.78 is 5.06. The van der Waals surface area contributed by atoms with Gasteiger partial charge in [-0.1, -0.05) is 19.1 Å². The number of hydrogen-bond donors (Lipinski definition) is 3. The van der Waals surface area contributed by atoms with Crippen LogP contribution in [0.2, 0.25) is 0 Å². The highest BCUT2D eigenvalue weighted by Gasteiger charge is 2.14. The largest absolute Gasteiger partial charge is 0.397 e. The van der Waals surface area contributed by atoms with Crippen molar-refractivity contribution in [1.29, 1.82) is 0 Å². The number of nitrogens with one attached hydrogen (secondary N) is 2. The molecule has 0 saturated carbocycles. The number of nitrogen functional groups attached to an aromatic ring is 1. The molecule has 1 amide bonds. The van der Waals surface area contributed by atoms with Crippen molar-refractivity contribution in [1.82, 2.24) is 10.3 Å². The second-order valence-corrected chi connectivity index (χ2v) is 4.53. The Morgan fingerprint density at radius 2 is 2.32 bits per heavy atom. The lowest BCUT2D eigenvalue weighted by Crippen LogP contribution is -2.37. The van der Waals surface area contributed by atoms with E-state index in [1.54, 1.807) is 19.2 Å². The van der Waals surface area contributed by atoms with Gasteiger partial charge in [-0.3, -0.25) is 4.79 Å². The van der Waals surface area contributed by atoms with Crippen LogP contribution in [0.5, 0.6) is 0 Å². The van der Waals surface area contributed by atoms with Crippen molar-refractivity contribution in [2.24, 2.45) is 0 Å². The van der Waals surface area contributed by atoms with Gasteiger partial charge in [0.15, 0.2) is 0 Å². The molecule has 0 bridgehead atoms. The quantitative estimate of drug-likeness (QED) is 0.719. The summed E-state index contributed by atoms with van der Waals surface area (Å²) in [5.41, 5.74) is 7.82. The minimum atomic E-state index is -0.139. The number of aromatic nitrogens is 1. The number of anilines is 1. The predicted octanol–water partition coefficient (Wildman–Crippen LogP) is 1.90. The molecular weight excluding hydrogens is 242 g/mol. The number of ether oxygens (including phenoxy) is 1. The first-order chi connectivity index (χ1) is 9.15. The Labute approximate surface area is 112 Å². The molecule has 102 valence electrons. The molecule has 0 aliphatic heterocycles. The van der Waals surface area contributed by atoms with Gasteiger partial charge in [0.2, 0.25) is 0 Å². The predicted molar refractivity (Wildman–Crippen MR) is 76.1 cm³/mol. The molecule has 1 heterocycles. The monoisotopic (exact) mass is 261 g/mol. The van der Waals surface area contributed by atoms with E-state index in [1.165, 1.54) is 0 Å². The zero-order valence-corrected chi connectivity index (χ0v) is 11.2. The maximum Gasteiger partial charge on any atom is 0.268 e. The van der Waals surface area contributed by atoms with Gasteiger partial charge in [0.05, 0.1) is 23.9 Å². The SMILES string of the molecule is CCC(COC)NC(=O)c1cc2cccc(N)c2[nH]1. The van der Waals surface area contributed by atoms with Gasteiger partial charge in [0, 0.05) is 12.5 Å². The lowest BCUT2D eigenvalue weighted by atomic mass is 10.2. The summed E-state index contributed by atoms with van der Waals surface area (Å²) >= 11 is 0. The van der Waals surface area contributed by atoms with E-state index in [4.69, 9.17) is 10.5 Å². The summed E-state index contributed by atoms with van der Waals surface area (Å²) in [7, 11) is 1.62. The third-order valence-electron chi connectivity index (χ3n) is 3.13. The number of aromatic amines is 1. The molecule has 0 spiro atoms. The van der Waals surface area contributed by atoms with Gasteiger partial charge in [-0.15, -0.1) is 0 Å². The first-order valence-corrected chi connectivity index (χ1v) is 6.32. The molecule has 0 aliphatic rings. The summed E-state index contributed by atoms with van der Waals surface area (Å²) in [6.07, 6.45) is 0.821. The van der Waals surface area contributed by atoms with E-state index >= 15 is 0 Å². The number of benzene rings is 1. The molecule has 2 rings (SSSR count). The van der Waals surface area contributed by atoms with E-state index in [2.05, 4.69) is 10.3 Å². The van der Waals surface area contributed by atoms with Gasteiger partial charge in [-0.2, -0.15) is 0 Å². The van der Waals surface area contributed by atoms with Gasteiger partial charge < -0.3 is 20.8 Å². The highest BCUT2D eigenvalue weighted by Crippen LogP contribution is 2.21. The first-order valence-electron chi connectivity index (χ1n) is 6.32. The summed E-state index contributed by atoms with van der Waals surface area (Å²) in [6, 6.07) is 7.42. The topological polar surface area (TPSA) is 80.1 Å². The molecule has 1 aromatic heterocycles. The van der Waals surface area contributed by atoms with Gasteiger partial charge in [-0.05, 0) is 18.6 Å². The fraction of sp³-hybridized carbons (Fsp3) is 0.357. The third-order valence-corrected chi connectivity index (χ3v) is 3.13. The summed E-state index contributed by atoms with van der Waals surface area (Å²) in [5, 5.41) is 3.86. The van der Waals surface area contributed by atoms with Crippen LogP contribution in [0.1, 0.15) is 23.8 Å². The minimum Gasteiger partial charge on any atom is -0.397 e. The number of nitrogens with two attached hydrogens (primary N) is 1. The van der Waals surface area contributed by atoms with Crippen LogP contribution in [0.25, 0.3) is 10.9 Å². The van der Waals surface area contributed by atoms with Crippen molar-refractivity contribution in [3.05, 3.63) is 30.0 Å². The Bertz CT molecular complexity index is 577. The Kier molecular flexibility index (Phi) is 4.06. The molecule has 1 unspecified atom stereocenters. The number of fused-ring (bicyclic) bond motifs is 1. The molecule has 19 heavy (non-hydrogen) atoms. The lowest BCUT2D eigenvalue weighted by molar-refractivity contribution is 0.0890. The fourth-order valence-electron chi connectivity index (χ4n) is 2.03. The van der Waals surface area contributed by atoms with E-state index in [9.17, 15) is 4.79 Å². The van der Waals surface area contributed by atoms with Crippen molar-refractivity contribution in [3.63, 3.8) is 0 Å². The molecule has 0 radical (unpaired) electrons. The van der Waals surface area contributed by atoms with Gasteiger partial charge in [0.25, 0.3) is 5.91 Å². The number of rotatable bonds is 5. The van der Waals surface area contributed by atoms with Crippen LogP contribution < -0.4 is 11.1 Å². The number of para-hydroxylation sites is 1. The second kappa shape index (κ2) is 5.75. The maximum atomic E-state index is 12.1. The van der Waals surface area contributed by atoms with Gasteiger partial charge >= 0.3 is 0 Å².